The lowest BCUT2D eigenvalue weighted by molar-refractivity contribution is -0.132. The van der Waals surface area contributed by atoms with Crippen molar-refractivity contribution in [3.8, 4) is 11.5 Å². The van der Waals surface area contributed by atoms with Gasteiger partial charge < -0.3 is 14.4 Å². The average molecular weight is 374 g/mol. The molecule has 0 fully saturated rings. The van der Waals surface area contributed by atoms with Crippen LogP contribution in [0.5, 0.6) is 11.5 Å². The molecule has 5 heteroatoms. The maximum Gasteiger partial charge on any atom is 0.223 e. The van der Waals surface area contributed by atoms with Crippen LogP contribution < -0.4 is 9.47 Å². The fraction of sp³-hybridized carbons (Fsp3) is 0.381. The van der Waals surface area contributed by atoms with Crippen LogP contribution in [-0.2, 0) is 17.8 Å². The third-order valence-electron chi connectivity index (χ3n) is 4.71. The van der Waals surface area contributed by atoms with E-state index in [4.69, 9.17) is 21.1 Å². The van der Waals surface area contributed by atoms with E-state index in [0.29, 0.717) is 26.0 Å². The fourth-order valence-electron chi connectivity index (χ4n) is 3.15. The lowest BCUT2D eigenvalue weighted by atomic mass is 9.99. The zero-order valence-electron chi connectivity index (χ0n) is 15.3. The molecule has 0 atom stereocenters. The minimum absolute atomic E-state index is 0.175. The number of halogens is 1. The molecule has 0 saturated carbocycles. The summed E-state index contributed by atoms with van der Waals surface area (Å²) >= 11 is 6.01. The van der Waals surface area contributed by atoms with Crippen molar-refractivity contribution in [2.24, 2.45) is 0 Å². The summed E-state index contributed by atoms with van der Waals surface area (Å²) in [5.74, 6) is 1.80. The topological polar surface area (TPSA) is 38.8 Å². The molecule has 1 amide bonds. The fourth-order valence-corrected chi connectivity index (χ4v) is 3.27. The molecular weight excluding hydrogens is 350 g/mol. The molecule has 0 bridgehead atoms. The number of nitrogens with zero attached hydrogens (tertiary/aromatic N) is 1. The number of benzene rings is 2. The Bertz CT molecular complexity index is 791. The number of aryl methyl sites for hydroxylation is 1. The van der Waals surface area contributed by atoms with Gasteiger partial charge in [-0.2, -0.15) is 0 Å². The van der Waals surface area contributed by atoms with Crippen molar-refractivity contribution < 1.29 is 14.3 Å². The number of methoxy groups -OCH3 is 1. The van der Waals surface area contributed by atoms with Gasteiger partial charge >= 0.3 is 0 Å². The first-order chi connectivity index (χ1) is 12.6. The second-order valence-electron chi connectivity index (χ2n) is 6.56. The number of hydrogen-bond donors (Lipinski definition) is 0. The molecule has 0 unspecified atom stereocenters. The smallest absolute Gasteiger partial charge is 0.223 e. The van der Waals surface area contributed by atoms with E-state index in [1.54, 1.807) is 7.11 Å². The highest BCUT2D eigenvalue weighted by atomic mass is 35.5. The highest BCUT2D eigenvalue weighted by Crippen LogP contribution is 2.24. The van der Waals surface area contributed by atoms with Gasteiger partial charge in [0.1, 0.15) is 11.5 Å². The van der Waals surface area contributed by atoms with E-state index < -0.39 is 0 Å². The normalized spacial score (nSPS) is 13.3. The monoisotopic (exact) mass is 373 g/mol. The molecular formula is C21H24ClNO3. The summed E-state index contributed by atoms with van der Waals surface area (Å²) in [6.45, 7) is 3.89. The first-order valence-corrected chi connectivity index (χ1v) is 9.27. The minimum Gasteiger partial charge on any atom is -0.497 e. The predicted molar refractivity (Wildman–Crippen MR) is 103 cm³/mol. The van der Waals surface area contributed by atoms with Crippen LogP contribution in [0, 0.1) is 6.92 Å². The van der Waals surface area contributed by atoms with E-state index in [-0.39, 0.29) is 5.91 Å². The molecule has 1 aliphatic rings. The number of fused-ring (bicyclic) bond motifs is 1. The highest BCUT2D eigenvalue weighted by Gasteiger charge is 2.20. The zero-order valence-corrected chi connectivity index (χ0v) is 16.0. The SMILES string of the molecule is COc1ccc2c(c1)CN(C(=O)CCCOc1ccc(Cl)c(C)c1)CC2. The summed E-state index contributed by atoms with van der Waals surface area (Å²) in [4.78, 5) is 14.4. The second-order valence-corrected chi connectivity index (χ2v) is 6.97. The first-order valence-electron chi connectivity index (χ1n) is 8.89. The van der Waals surface area contributed by atoms with Crippen LogP contribution in [0.15, 0.2) is 36.4 Å². The third kappa shape index (κ3) is 4.50. The summed E-state index contributed by atoms with van der Waals surface area (Å²) in [7, 11) is 1.66. The van der Waals surface area contributed by atoms with Crippen LogP contribution in [0.25, 0.3) is 0 Å². The van der Waals surface area contributed by atoms with Crippen molar-refractivity contribution in [2.45, 2.75) is 32.7 Å². The van der Waals surface area contributed by atoms with Crippen LogP contribution in [0.3, 0.4) is 0 Å². The molecule has 3 rings (SSSR count). The van der Waals surface area contributed by atoms with E-state index in [9.17, 15) is 4.79 Å². The number of carbonyl (C=O) groups is 1. The van der Waals surface area contributed by atoms with Crippen LogP contribution in [0.2, 0.25) is 5.02 Å². The zero-order chi connectivity index (χ0) is 18.5. The van der Waals surface area contributed by atoms with Crippen LogP contribution in [0.4, 0.5) is 0 Å². The van der Waals surface area contributed by atoms with Crippen molar-refractivity contribution in [1.82, 2.24) is 4.90 Å². The molecule has 0 spiro atoms. The minimum atomic E-state index is 0.175. The third-order valence-corrected chi connectivity index (χ3v) is 5.14. The Morgan fingerprint density at radius 1 is 1.15 bits per heavy atom. The largest absolute Gasteiger partial charge is 0.497 e. The molecule has 2 aromatic carbocycles. The predicted octanol–water partition coefficient (Wildman–Crippen LogP) is 4.40. The Morgan fingerprint density at radius 3 is 2.73 bits per heavy atom. The van der Waals surface area contributed by atoms with Gasteiger partial charge in [-0.15, -0.1) is 0 Å². The Hall–Kier alpha value is -2.20. The number of amides is 1. The lowest BCUT2D eigenvalue weighted by Crippen LogP contribution is -2.36. The van der Waals surface area contributed by atoms with Crippen molar-refractivity contribution in [3.05, 3.63) is 58.1 Å². The molecule has 26 heavy (non-hydrogen) atoms. The van der Waals surface area contributed by atoms with Crippen molar-refractivity contribution in [2.75, 3.05) is 20.3 Å². The van der Waals surface area contributed by atoms with Gasteiger partial charge in [0.15, 0.2) is 0 Å². The Morgan fingerprint density at radius 2 is 1.96 bits per heavy atom. The molecule has 138 valence electrons. The standard InChI is InChI=1S/C21H24ClNO3/c1-15-12-19(7-8-20(15)22)26-11-3-4-21(24)23-10-9-16-5-6-18(25-2)13-17(16)14-23/h5-8,12-13H,3-4,9-11,14H2,1-2H3. The van der Waals surface area contributed by atoms with E-state index in [0.717, 1.165) is 35.1 Å². The molecule has 0 N–H and O–H groups in total. The molecule has 0 radical (unpaired) electrons. The van der Waals surface area contributed by atoms with Crippen LogP contribution in [0.1, 0.15) is 29.5 Å². The average Bonchev–Trinajstić information content (AvgIpc) is 2.66. The van der Waals surface area contributed by atoms with Crippen LogP contribution in [-0.4, -0.2) is 31.1 Å². The van der Waals surface area contributed by atoms with E-state index in [1.807, 2.05) is 42.2 Å². The molecule has 1 aliphatic heterocycles. The van der Waals surface area contributed by atoms with Crippen molar-refractivity contribution >= 4 is 17.5 Å². The Balaban J connectivity index is 1.47. The second kappa shape index (κ2) is 8.45. The molecule has 4 nitrogen and oxygen atoms in total. The van der Waals surface area contributed by atoms with Gasteiger partial charge in [-0.05, 0) is 66.8 Å². The lowest BCUT2D eigenvalue weighted by Gasteiger charge is -2.29. The molecule has 2 aromatic rings. The van der Waals surface area contributed by atoms with Gasteiger partial charge in [0.05, 0.1) is 13.7 Å². The highest BCUT2D eigenvalue weighted by molar-refractivity contribution is 6.31. The van der Waals surface area contributed by atoms with Gasteiger partial charge in [-0.3, -0.25) is 4.79 Å². The van der Waals surface area contributed by atoms with Crippen LogP contribution >= 0.6 is 11.6 Å². The van der Waals surface area contributed by atoms with E-state index in [2.05, 4.69) is 6.07 Å². The summed E-state index contributed by atoms with van der Waals surface area (Å²) in [6.07, 6.45) is 2.08. The van der Waals surface area contributed by atoms with E-state index in [1.165, 1.54) is 11.1 Å². The molecule has 0 aliphatic carbocycles. The number of hydrogen-bond acceptors (Lipinski definition) is 3. The maximum absolute atomic E-state index is 12.5. The van der Waals surface area contributed by atoms with Crippen molar-refractivity contribution in [1.29, 1.82) is 0 Å². The number of rotatable bonds is 6. The van der Waals surface area contributed by atoms with Gasteiger partial charge in [0, 0.05) is 24.5 Å². The van der Waals surface area contributed by atoms with Crippen molar-refractivity contribution in [3.63, 3.8) is 0 Å². The van der Waals surface area contributed by atoms with Gasteiger partial charge in [0.2, 0.25) is 5.91 Å². The summed E-state index contributed by atoms with van der Waals surface area (Å²) in [5, 5.41) is 0.731. The van der Waals surface area contributed by atoms with Gasteiger partial charge in [-0.25, -0.2) is 0 Å². The Kier molecular flexibility index (Phi) is 6.04. The summed E-state index contributed by atoms with van der Waals surface area (Å²) in [6, 6.07) is 11.7. The number of ether oxygens (including phenoxy) is 2. The molecule has 0 saturated heterocycles. The Labute approximate surface area is 159 Å². The van der Waals surface area contributed by atoms with E-state index >= 15 is 0 Å². The summed E-state index contributed by atoms with van der Waals surface area (Å²) < 4.78 is 11.0. The van der Waals surface area contributed by atoms with Gasteiger partial charge in [-0.1, -0.05) is 17.7 Å². The number of carbonyl (C=O) groups excluding carboxylic acids is 1. The first kappa shape index (κ1) is 18.6. The molecule has 1 heterocycles. The quantitative estimate of drug-likeness (QED) is 0.704. The maximum atomic E-state index is 12.5. The molecule has 0 aromatic heterocycles. The van der Waals surface area contributed by atoms with Gasteiger partial charge in [0.25, 0.3) is 0 Å². The summed E-state index contributed by atoms with van der Waals surface area (Å²) in [5.41, 5.74) is 3.47.